The Morgan fingerprint density at radius 3 is 0.766 bits per heavy atom. The summed E-state index contributed by atoms with van der Waals surface area (Å²) >= 11 is 0. The van der Waals surface area contributed by atoms with Gasteiger partial charge in [-0.3, -0.25) is 0 Å². The van der Waals surface area contributed by atoms with Gasteiger partial charge in [-0.15, -0.1) is 0 Å². The van der Waals surface area contributed by atoms with E-state index in [1.165, 1.54) is 72.5 Å². The molecule has 128 heavy (non-hydrogen) atoms. The van der Waals surface area contributed by atoms with Crippen molar-refractivity contribution >= 4 is 0 Å². The maximum Gasteiger partial charge on any atom is 0.122 e. The van der Waals surface area contributed by atoms with E-state index in [0.29, 0.717) is 29.6 Å². The molecule has 4 heterocycles. The number of aromatic amines is 4. The van der Waals surface area contributed by atoms with Crippen LogP contribution in [0.4, 0.5) is 0 Å². The monoisotopic (exact) mass is 1890 g/mol. The van der Waals surface area contributed by atoms with E-state index in [-0.39, 0.29) is 130 Å². The number of aromatic nitrogens is 4. The molecule has 696 valence electrons. The molecule has 0 saturated heterocycles. The van der Waals surface area contributed by atoms with E-state index in [0.717, 1.165) is 77.1 Å². The molecule has 13 unspecified atom stereocenters. The fourth-order valence-electron chi connectivity index (χ4n) is 21.9. The van der Waals surface area contributed by atoms with Crippen LogP contribution in [0.2, 0.25) is 0 Å². The number of rotatable bonds is 12. The van der Waals surface area contributed by atoms with Gasteiger partial charge in [0.05, 0.1) is 14.2 Å². The van der Waals surface area contributed by atoms with Gasteiger partial charge < -0.3 is 29.4 Å². The first-order valence-corrected chi connectivity index (χ1v) is 47.1. The largest absolute Gasteiger partial charge is 0.497 e. The van der Waals surface area contributed by atoms with Gasteiger partial charge in [-0.25, -0.2) is 0 Å². The van der Waals surface area contributed by atoms with Crippen molar-refractivity contribution < 1.29 is 77.7 Å². The molecule has 6 nitrogen and oxygen atoms in total. The Morgan fingerprint density at radius 1 is 0.250 bits per heavy atom. The molecule has 11 aromatic rings. The Morgan fingerprint density at radius 2 is 0.516 bits per heavy atom. The minimum absolute atomic E-state index is 0. The molecule has 4 aromatic heterocycles. The minimum atomic E-state index is 0. The van der Waals surface area contributed by atoms with Crippen molar-refractivity contribution in [2.45, 2.75) is 262 Å². The van der Waals surface area contributed by atoms with Crippen molar-refractivity contribution in [3.63, 3.8) is 0 Å². The maximum absolute atomic E-state index is 5.40. The zero-order valence-electron chi connectivity index (χ0n) is 83.1. The Labute approximate surface area is 819 Å². The fraction of sp³-hybridized carbons (Fsp3) is 0.475. The molecule has 0 aliphatic heterocycles. The molecule has 0 spiro atoms. The zero-order valence-corrected chi connectivity index (χ0v) is 87.5. The van der Waals surface area contributed by atoms with Crippen molar-refractivity contribution in [3.05, 3.63) is 359 Å². The number of hydrogen-bond donors (Lipinski definition) is 4. The first kappa shape index (κ1) is 110. The standard InChI is InChI=1S/C55H70.C22H31N.C17H26O2.C12H18.3C4H5N.4Fe/c1-51(2,3)41-26-16-36(17-27-41)46-47(37-18-28-42(29-19-37)52(4,5)6)49(39-22-32-44(33-23-39)54(10,11)12)50(40-24-34-45(35-25-40)55(13,14)15)48(46)38-20-30-43(31-21-38)53(7,8)9;1-15-16(2)20(18-10-7-6-8-11-18)21(17(15)3)22(4,5)14-19-12-9-13-23-19;1-10-11(2)13(4)17(12(10)3)14-7-15(18-5)9-16(8-14)19-6;1-8-9(2)11-6-4-5-7-12(11)10(8)3;3*1-2-4-5-3-1;;;;/h16-35,46-50H,1-15H3;6-13,15-17,20-21,23H,14H2,1-5H3;7-13,17H,1-6H3;4-12H,1-3H3;3*1-5H;;;;. The van der Waals surface area contributed by atoms with Crippen LogP contribution in [0.15, 0.2) is 286 Å². The number of fused-ring (bicyclic) bond motifs is 1. The van der Waals surface area contributed by atoms with E-state index in [1.807, 2.05) is 85.8 Å². The Balaban J connectivity index is 0.000000281. The van der Waals surface area contributed by atoms with Gasteiger partial charge in [-0.1, -0.05) is 363 Å². The van der Waals surface area contributed by atoms with Crippen LogP contribution in [0, 0.1) is 82.3 Å². The van der Waals surface area contributed by atoms with Crippen molar-refractivity contribution in [1.29, 1.82) is 0 Å². The molecule has 5 aliphatic carbocycles. The van der Waals surface area contributed by atoms with Crippen LogP contribution in [0.3, 0.4) is 0 Å². The third-order valence-electron chi connectivity index (χ3n) is 30.3. The normalized spacial score (nSPS) is 25.6. The summed E-state index contributed by atoms with van der Waals surface area (Å²) < 4.78 is 10.8. The quantitative estimate of drug-likeness (QED) is 0.0920. The minimum Gasteiger partial charge on any atom is -0.497 e. The van der Waals surface area contributed by atoms with E-state index >= 15 is 0 Å². The number of benzene rings is 7. The van der Waals surface area contributed by atoms with Gasteiger partial charge in [0.15, 0.2) is 0 Å². The molecule has 4 fully saturated rings. The smallest absolute Gasteiger partial charge is 0.122 e. The Bertz CT molecular complexity index is 4420. The second-order valence-electron chi connectivity index (χ2n) is 43.7. The van der Waals surface area contributed by atoms with E-state index in [9.17, 15) is 0 Å². The molecule has 13 atom stereocenters. The van der Waals surface area contributed by atoms with Gasteiger partial charge in [0.2, 0.25) is 0 Å². The molecule has 0 bridgehead atoms. The maximum atomic E-state index is 5.40. The zero-order chi connectivity index (χ0) is 90.4. The topological polar surface area (TPSA) is 81.6 Å². The molecule has 4 N–H and O–H groups in total. The predicted octanol–water partition coefficient (Wildman–Crippen LogP) is 32.0. The van der Waals surface area contributed by atoms with Gasteiger partial charge >= 0.3 is 0 Å². The van der Waals surface area contributed by atoms with Crippen LogP contribution in [0.5, 0.6) is 11.5 Å². The van der Waals surface area contributed by atoms with Gasteiger partial charge in [-0.2, -0.15) is 0 Å². The molecule has 4 saturated carbocycles. The van der Waals surface area contributed by atoms with Crippen molar-refractivity contribution in [3.8, 4) is 11.5 Å². The first-order chi connectivity index (χ1) is 58.6. The van der Waals surface area contributed by atoms with Crippen LogP contribution in [0.1, 0.15) is 301 Å². The number of H-pyrrole nitrogens is 4. The molecule has 10 heteroatoms. The number of ether oxygens (including phenoxy) is 2. The summed E-state index contributed by atoms with van der Waals surface area (Å²) in [6, 6.07) is 82.4. The molecule has 7 aromatic carbocycles. The van der Waals surface area contributed by atoms with Crippen LogP contribution in [0.25, 0.3) is 0 Å². The second kappa shape index (κ2) is 48.0. The van der Waals surface area contributed by atoms with Gasteiger partial charge in [-0.05, 0) is 285 Å². The average molecular weight is 1890 g/mol. The van der Waals surface area contributed by atoms with Gasteiger partial charge in [0.1, 0.15) is 11.5 Å². The number of allylic oxidation sites excluding steroid dienone is 4. The summed E-state index contributed by atoms with van der Waals surface area (Å²) in [6.45, 7) is 63.9. The molecular weight excluding hydrogens is 1730 g/mol. The Kier molecular flexibility index (Phi) is 41.0. The fourth-order valence-corrected chi connectivity index (χ4v) is 21.9. The summed E-state index contributed by atoms with van der Waals surface area (Å²) in [5.41, 5.74) is 19.1. The van der Waals surface area contributed by atoms with E-state index in [1.54, 1.807) is 14.2 Å². The van der Waals surface area contributed by atoms with Crippen molar-refractivity contribution in [1.82, 2.24) is 19.9 Å². The molecule has 5 aliphatic rings. The SMILES string of the molecule is CC(C)(C)c1ccc(C2C(c3ccc(C(C)(C)C)cc3)C(c3ccc(C(C)(C)C)cc3)C(c3ccc(C(C)(C)C)cc3)C2c2ccc(C(C)(C)C)cc2)cc1.CC1C(C)C(c2ccccc2)C(C(C)(C)Cc2ccc[nH]2)C1C.CC1C(C)C2C=CC=CC2C1C.COc1cc(OC)cc(C2C(C)C(C)C(C)C2C)c1.[Fe].[Fe].[Fe].[Fe].c1cc[nH]c1.c1cc[nH]c1.c1cc[nH]c1. The van der Waals surface area contributed by atoms with Crippen LogP contribution < -0.4 is 9.47 Å². The number of hydrogen-bond acceptors (Lipinski definition) is 2. The van der Waals surface area contributed by atoms with Gasteiger partial charge in [0, 0.05) is 123 Å². The number of methoxy groups -OCH3 is 2. The van der Waals surface area contributed by atoms with Crippen LogP contribution in [-0.4, -0.2) is 34.2 Å². The summed E-state index contributed by atoms with van der Waals surface area (Å²) in [4.78, 5) is 12.0. The van der Waals surface area contributed by atoms with E-state index in [2.05, 4.69) is 407 Å². The molecule has 16 rings (SSSR count). The van der Waals surface area contributed by atoms with E-state index < -0.39 is 0 Å². The first-order valence-electron chi connectivity index (χ1n) is 47.1. The third-order valence-corrected chi connectivity index (χ3v) is 30.3. The third kappa shape index (κ3) is 27.5. The van der Waals surface area contributed by atoms with Crippen LogP contribution in [-0.2, 0) is 102 Å². The summed E-state index contributed by atoms with van der Waals surface area (Å²) in [6.07, 6.45) is 23.6. The average Bonchev–Trinajstić information content (AvgIpc) is 1.56. The van der Waals surface area contributed by atoms with Crippen molar-refractivity contribution in [2.75, 3.05) is 14.2 Å². The molecule has 0 amide bonds. The molecule has 0 radical (unpaired) electrons. The summed E-state index contributed by atoms with van der Waals surface area (Å²) in [5.74, 6) is 14.5. The Hall–Kier alpha value is -7.18. The second-order valence-corrected chi connectivity index (χ2v) is 43.7. The summed E-state index contributed by atoms with van der Waals surface area (Å²) in [5, 5.41) is 0. The van der Waals surface area contributed by atoms with Crippen molar-refractivity contribution in [2.24, 2.45) is 82.3 Å². The number of nitrogens with one attached hydrogen (secondary N) is 4. The van der Waals surface area contributed by atoms with E-state index in [4.69, 9.17) is 9.47 Å². The van der Waals surface area contributed by atoms with Crippen LogP contribution >= 0.6 is 0 Å². The summed E-state index contributed by atoms with van der Waals surface area (Å²) in [7, 11) is 3.43. The van der Waals surface area contributed by atoms with Gasteiger partial charge in [0.25, 0.3) is 0 Å². The predicted molar refractivity (Wildman–Crippen MR) is 532 cm³/mol. The molecular formula is C118H160Fe4N4O2.